The van der Waals surface area contributed by atoms with Crippen molar-refractivity contribution in [3.05, 3.63) is 48.3 Å². The first-order valence-corrected chi connectivity index (χ1v) is 7.68. The normalized spacial score (nSPS) is 10.7. The Morgan fingerprint density at radius 3 is 2.65 bits per heavy atom. The standard InChI is InChI=1S/C17H25N3/c1-2-3-4-5-9-12-18-17-13-19-20(15-17)14-16-10-7-6-8-11-16/h6-8,10-11,13,15,18H,2-5,9,12,14H2,1H3. The van der Waals surface area contributed by atoms with Gasteiger partial charge in [-0.3, -0.25) is 4.68 Å². The molecule has 0 aliphatic carbocycles. The molecule has 0 saturated carbocycles. The third kappa shape index (κ3) is 5.08. The van der Waals surface area contributed by atoms with Crippen LogP contribution in [0, 0.1) is 0 Å². The van der Waals surface area contributed by atoms with E-state index in [1.165, 1.54) is 37.7 Å². The Balaban J connectivity index is 1.70. The van der Waals surface area contributed by atoms with Crippen LogP contribution in [0.5, 0.6) is 0 Å². The van der Waals surface area contributed by atoms with Crippen LogP contribution in [0.25, 0.3) is 0 Å². The highest BCUT2D eigenvalue weighted by molar-refractivity contribution is 5.38. The Labute approximate surface area is 122 Å². The fraction of sp³-hybridized carbons (Fsp3) is 0.471. The van der Waals surface area contributed by atoms with E-state index in [9.17, 15) is 0 Å². The summed E-state index contributed by atoms with van der Waals surface area (Å²) < 4.78 is 1.98. The molecule has 1 N–H and O–H groups in total. The number of hydrogen-bond acceptors (Lipinski definition) is 2. The van der Waals surface area contributed by atoms with Crippen LogP contribution in [0.4, 0.5) is 5.69 Å². The van der Waals surface area contributed by atoms with Gasteiger partial charge in [-0.05, 0) is 12.0 Å². The van der Waals surface area contributed by atoms with Crippen LogP contribution in [-0.4, -0.2) is 16.3 Å². The number of nitrogens with one attached hydrogen (secondary N) is 1. The minimum Gasteiger partial charge on any atom is -0.383 e. The zero-order valence-electron chi connectivity index (χ0n) is 12.4. The van der Waals surface area contributed by atoms with E-state index < -0.39 is 0 Å². The number of hydrogen-bond donors (Lipinski definition) is 1. The van der Waals surface area contributed by atoms with Crippen molar-refractivity contribution in [2.75, 3.05) is 11.9 Å². The van der Waals surface area contributed by atoms with Crippen LogP contribution in [0.15, 0.2) is 42.7 Å². The summed E-state index contributed by atoms with van der Waals surface area (Å²) in [4.78, 5) is 0. The molecule has 0 unspecified atom stereocenters. The lowest BCUT2D eigenvalue weighted by molar-refractivity contribution is 0.645. The second-order valence-corrected chi connectivity index (χ2v) is 5.25. The largest absolute Gasteiger partial charge is 0.383 e. The molecule has 0 amide bonds. The lowest BCUT2D eigenvalue weighted by atomic mass is 10.1. The minimum atomic E-state index is 0.832. The molecule has 0 bridgehead atoms. The third-order valence-electron chi connectivity index (χ3n) is 3.43. The molecule has 1 aromatic heterocycles. The van der Waals surface area contributed by atoms with Gasteiger partial charge in [-0.2, -0.15) is 5.10 Å². The summed E-state index contributed by atoms with van der Waals surface area (Å²) in [7, 11) is 0. The van der Waals surface area contributed by atoms with E-state index in [0.29, 0.717) is 0 Å². The quantitative estimate of drug-likeness (QED) is 0.689. The minimum absolute atomic E-state index is 0.832. The van der Waals surface area contributed by atoms with Gasteiger partial charge in [-0.25, -0.2) is 0 Å². The van der Waals surface area contributed by atoms with E-state index in [0.717, 1.165) is 18.8 Å². The van der Waals surface area contributed by atoms with Gasteiger partial charge in [-0.15, -0.1) is 0 Å². The first-order chi connectivity index (χ1) is 9.88. The van der Waals surface area contributed by atoms with Gasteiger partial charge < -0.3 is 5.32 Å². The summed E-state index contributed by atoms with van der Waals surface area (Å²) in [5.74, 6) is 0. The monoisotopic (exact) mass is 271 g/mol. The van der Waals surface area contributed by atoms with Gasteiger partial charge in [0.05, 0.1) is 18.4 Å². The second kappa shape index (κ2) is 8.41. The van der Waals surface area contributed by atoms with E-state index >= 15 is 0 Å². The molecule has 108 valence electrons. The highest BCUT2D eigenvalue weighted by Gasteiger charge is 1.99. The van der Waals surface area contributed by atoms with E-state index in [-0.39, 0.29) is 0 Å². The molecule has 3 heteroatoms. The first-order valence-electron chi connectivity index (χ1n) is 7.68. The molecular weight excluding hydrogens is 246 g/mol. The molecule has 0 spiro atoms. The van der Waals surface area contributed by atoms with E-state index in [4.69, 9.17) is 0 Å². The molecule has 2 aromatic rings. The Hall–Kier alpha value is -1.77. The molecule has 0 fully saturated rings. The van der Waals surface area contributed by atoms with E-state index in [1.54, 1.807) is 0 Å². The van der Waals surface area contributed by atoms with Gasteiger partial charge in [0.1, 0.15) is 0 Å². The van der Waals surface area contributed by atoms with Crippen LogP contribution < -0.4 is 5.32 Å². The molecule has 1 aromatic carbocycles. The predicted molar refractivity (Wildman–Crippen MR) is 85.0 cm³/mol. The Bertz CT molecular complexity index is 476. The maximum atomic E-state index is 4.39. The highest BCUT2D eigenvalue weighted by Crippen LogP contribution is 2.09. The lowest BCUT2D eigenvalue weighted by Gasteiger charge is -2.03. The van der Waals surface area contributed by atoms with Gasteiger partial charge >= 0.3 is 0 Å². The molecule has 0 saturated heterocycles. The number of aromatic nitrogens is 2. The average molecular weight is 271 g/mol. The van der Waals surface area contributed by atoms with Gasteiger partial charge in [0.25, 0.3) is 0 Å². The van der Waals surface area contributed by atoms with Crippen molar-refractivity contribution in [1.29, 1.82) is 0 Å². The second-order valence-electron chi connectivity index (χ2n) is 5.25. The Morgan fingerprint density at radius 2 is 1.85 bits per heavy atom. The summed E-state index contributed by atoms with van der Waals surface area (Å²) in [5.41, 5.74) is 2.40. The summed E-state index contributed by atoms with van der Waals surface area (Å²) in [6, 6.07) is 10.4. The average Bonchev–Trinajstić information content (AvgIpc) is 2.91. The molecule has 0 aliphatic heterocycles. The molecule has 0 aliphatic rings. The van der Waals surface area contributed by atoms with Crippen molar-refractivity contribution < 1.29 is 0 Å². The van der Waals surface area contributed by atoms with Crippen LogP contribution in [-0.2, 0) is 6.54 Å². The summed E-state index contributed by atoms with van der Waals surface area (Å²) in [5, 5.41) is 7.84. The maximum absolute atomic E-state index is 4.39. The maximum Gasteiger partial charge on any atom is 0.0726 e. The van der Waals surface area contributed by atoms with Crippen molar-refractivity contribution in [3.63, 3.8) is 0 Å². The van der Waals surface area contributed by atoms with Gasteiger partial charge in [0.15, 0.2) is 0 Å². The topological polar surface area (TPSA) is 29.9 Å². The highest BCUT2D eigenvalue weighted by atomic mass is 15.3. The number of rotatable bonds is 9. The zero-order valence-corrected chi connectivity index (χ0v) is 12.4. The van der Waals surface area contributed by atoms with Gasteiger partial charge in [-0.1, -0.05) is 62.9 Å². The van der Waals surface area contributed by atoms with Crippen molar-refractivity contribution in [2.45, 2.75) is 45.6 Å². The SMILES string of the molecule is CCCCCCCNc1cnn(Cc2ccccc2)c1. The van der Waals surface area contributed by atoms with E-state index in [2.05, 4.69) is 47.8 Å². The van der Waals surface area contributed by atoms with Crippen molar-refractivity contribution in [2.24, 2.45) is 0 Å². The van der Waals surface area contributed by atoms with Gasteiger partial charge in [0, 0.05) is 12.7 Å². The Kier molecular flexibility index (Phi) is 6.15. The third-order valence-corrected chi connectivity index (χ3v) is 3.43. The molecule has 20 heavy (non-hydrogen) atoms. The molecule has 0 radical (unpaired) electrons. The zero-order chi connectivity index (χ0) is 14.0. The van der Waals surface area contributed by atoms with Crippen LogP contribution in [0.2, 0.25) is 0 Å². The van der Waals surface area contributed by atoms with Crippen molar-refractivity contribution in [1.82, 2.24) is 9.78 Å². The van der Waals surface area contributed by atoms with Crippen molar-refractivity contribution >= 4 is 5.69 Å². The lowest BCUT2D eigenvalue weighted by Crippen LogP contribution is -2.01. The van der Waals surface area contributed by atoms with Crippen LogP contribution in [0.1, 0.15) is 44.6 Å². The summed E-state index contributed by atoms with van der Waals surface area (Å²) in [6.45, 7) is 4.12. The summed E-state index contributed by atoms with van der Waals surface area (Å²) in [6.07, 6.45) is 10.6. The van der Waals surface area contributed by atoms with Crippen LogP contribution in [0.3, 0.4) is 0 Å². The molecule has 3 nitrogen and oxygen atoms in total. The number of anilines is 1. The smallest absolute Gasteiger partial charge is 0.0726 e. The fourth-order valence-corrected chi connectivity index (χ4v) is 2.27. The molecule has 2 rings (SSSR count). The predicted octanol–water partition coefficient (Wildman–Crippen LogP) is 4.31. The first kappa shape index (κ1) is 14.6. The van der Waals surface area contributed by atoms with Crippen LogP contribution >= 0.6 is 0 Å². The number of benzene rings is 1. The fourth-order valence-electron chi connectivity index (χ4n) is 2.27. The summed E-state index contributed by atoms with van der Waals surface area (Å²) >= 11 is 0. The molecular formula is C17H25N3. The van der Waals surface area contributed by atoms with Crippen molar-refractivity contribution in [3.8, 4) is 0 Å². The number of nitrogens with zero attached hydrogens (tertiary/aromatic N) is 2. The molecule has 0 atom stereocenters. The Morgan fingerprint density at radius 1 is 1.05 bits per heavy atom. The number of unbranched alkanes of at least 4 members (excludes halogenated alkanes) is 4. The van der Waals surface area contributed by atoms with E-state index in [1.807, 2.05) is 16.9 Å². The molecule has 1 heterocycles. The van der Waals surface area contributed by atoms with Gasteiger partial charge in [0.2, 0.25) is 0 Å².